The number of hydrogen-bond acceptors (Lipinski definition) is 6. The summed E-state index contributed by atoms with van der Waals surface area (Å²) in [5, 5.41) is 14.5. The third kappa shape index (κ3) is 5.71. The van der Waals surface area contributed by atoms with Crippen molar-refractivity contribution in [3.63, 3.8) is 0 Å². The lowest BCUT2D eigenvalue weighted by molar-refractivity contribution is 0.0675. The van der Waals surface area contributed by atoms with Crippen LogP contribution in [-0.4, -0.2) is 53.3 Å². The van der Waals surface area contributed by atoms with E-state index >= 15 is 0 Å². The van der Waals surface area contributed by atoms with Gasteiger partial charge in [0.15, 0.2) is 5.69 Å². The fourth-order valence-corrected chi connectivity index (χ4v) is 3.80. The van der Waals surface area contributed by atoms with Crippen molar-refractivity contribution in [3.05, 3.63) is 41.2 Å². The highest BCUT2D eigenvalue weighted by atomic mass is 35.5. The smallest absolute Gasteiger partial charge is 0.273 e. The zero-order valence-corrected chi connectivity index (χ0v) is 18.1. The summed E-state index contributed by atoms with van der Waals surface area (Å²) in [6.45, 7) is 5.68. The number of carbonyl (C=O) groups is 1. The quantitative estimate of drug-likeness (QED) is 0.694. The molecule has 0 radical (unpaired) electrons. The van der Waals surface area contributed by atoms with Crippen LogP contribution in [0.1, 0.15) is 53.3 Å². The van der Waals surface area contributed by atoms with E-state index in [4.69, 9.17) is 9.47 Å². The first kappa shape index (κ1) is 22.5. The highest BCUT2D eigenvalue weighted by Gasteiger charge is 2.20. The van der Waals surface area contributed by atoms with Gasteiger partial charge in [0, 0.05) is 18.7 Å². The number of hydrogen-bond donors (Lipinski definition) is 2. The van der Waals surface area contributed by atoms with Gasteiger partial charge in [-0.1, -0.05) is 17.3 Å². The van der Waals surface area contributed by atoms with Crippen molar-refractivity contribution in [1.82, 2.24) is 25.6 Å². The predicted octanol–water partition coefficient (Wildman–Crippen LogP) is 2.42. The number of nitrogens with one attached hydrogen (secondary N) is 2. The number of carbonyl (C=O) groups excluding carboxylic acids is 1. The minimum Gasteiger partial charge on any atom is -0.491 e. The molecular formula is C21H30ClN5O3. The van der Waals surface area contributed by atoms with Crippen molar-refractivity contribution in [3.8, 4) is 5.75 Å². The third-order valence-corrected chi connectivity index (χ3v) is 5.54. The van der Waals surface area contributed by atoms with Crippen LogP contribution in [0.3, 0.4) is 0 Å². The second kappa shape index (κ2) is 10.7. The molecule has 9 heteroatoms. The first-order valence-electron chi connectivity index (χ1n) is 10.4. The fourth-order valence-electron chi connectivity index (χ4n) is 3.80. The summed E-state index contributed by atoms with van der Waals surface area (Å²) in [4.78, 5) is 12.6. The van der Waals surface area contributed by atoms with Gasteiger partial charge in [0.25, 0.3) is 5.91 Å². The van der Waals surface area contributed by atoms with Crippen LogP contribution in [0.25, 0.3) is 0 Å². The van der Waals surface area contributed by atoms with Crippen LogP contribution >= 0.6 is 12.4 Å². The van der Waals surface area contributed by atoms with Crippen molar-refractivity contribution in [2.75, 3.05) is 26.3 Å². The number of nitrogens with zero attached hydrogens (tertiary/aromatic N) is 3. The second-order valence-electron chi connectivity index (χ2n) is 7.80. The summed E-state index contributed by atoms with van der Waals surface area (Å²) in [5.74, 6) is 0.565. The largest absolute Gasteiger partial charge is 0.491 e. The lowest BCUT2D eigenvalue weighted by atomic mass is 10.1. The van der Waals surface area contributed by atoms with Gasteiger partial charge in [-0.25, -0.2) is 4.68 Å². The molecule has 1 aromatic carbocycles. The maximum absolute atomic E-state index is 12.6. The number of aromatic nitrogens is 3. The number of ether oxygens (including phenoxy) is 2. The first-order valence-corrected chi connectivity index (χ1v) is 10.4. The van der Waals surface area contributed by atoms with E-state index in [0.717, 1.165) is 62.3 Å². The Kier molecular flexibility index (Phi) is 8.07. The van der Waals surface area contributed by atoms with E-state index in [1.807, 2.05) is 29.8 Å². The highest BCUT2D eigenvalue weighted by molar-refractivity contribution is 5.91. The van der Waals surface area contributed by atoms with E-state index in [-0.39, 0.29) is 24.4 Å². The van der Waals surface area contributed by atoms with Crippen molar-refractivity contribution in [2.24, 2.45) is 0 Å². The van der Waals surface area contributed by atoms with Crippen molar-refractivity contribution >= 4 is 18.3 Å². The van der Waals surface area contributed by atoms with Crippen molar-refractivity contribution in [1.29, 1.82) is 0 Å². The predicted molar refractivity (Wildman–Crippen MR) is 115 cm³/mol. The molecule has 164 valence electrons. The van der Waals surface area contributed by atoms with Gasteiger partial charge < -0.3 is 20.1 Å². The van der Waals surface area contributed by atoms with E-state index in [9.17, 15) is 4.79 Å². The Morgan fingerprint density at radius 3 is 2.93 bits per heavy atom. The molecule has 0 spiro atoms. The summed E-state index contributed by atoms with van der Waals surface area (Å²) in [5.41, 5.74) is 2.40. The number of rotatable bonds is 7. The van der Waals surface area contributed by atoms with Gasteiger partial charge in [-0.3, -0.25) is 4.79 Å². The third-order valence-electron chi connectivity index (χ3n) is 5.54. The maximum Gasteiger partial charge on any atom is 0.273 e. The minimum atomic E-state index is -0.226. The van der Waals surface area contributed by atoms with E-state index in [0.29, 0.717) is 24.9 Å². The SMILES string of the molecule is Cc1ccc(CNC(=O)c2cn(C3CCNCC3)nn2)c(OCC2CCCO2)c1.Cl. The molecule has 2 aromatic rings. The van der Waals surface area contributed by atoms with Crippen LogP contribution in [0.15, 0.2) is 24.4 Å². The van der Waals surface area contributed by atoms with E-state index < -0.39 is 0 Å². The Balaban J connectivity index is 0.00000256. The van der Waals surface area contributed by atoms with Crippen molar-refractivity contribution in [2.45, 2.75) is 51.3 Å². The van der Waals surface area contributed by atoms with Crippen molar-refractivity contribution < 1.29 is 14.3 Å². The monoisotopic (exact) mass is 435 g/mol. The molecule has 0 bridgehead atoms. The fraction of sp³-hybridized carbons (Fsp3) is 0.571. The van der Waals surface area contributed by atoms with Crippen LogP contribution in [0, 0.1) is 6.92 Å². The summed E-state index contributed by atoms with van der Waals surface area (Å²) in [7, 11) is 0. The Hall–Kier alpha value is -2.16. The van der Waals surface area contributed by atoms with Crippen LogP contribution in [0.5, 0.6) is 5.75 Å². The van der Waals surface area contributed by atoms with E-state index in [1.165, 1.54) is 0 Å². The van der Waals surface area contributed by atoms with Gasteiger partial charge in [-0.2, -0.15) is 0 Å². The highest BCUT2D eigenvalue weighted by Crippen LogP contribution is 2.22. The molecule has 1 atom stereocenters. The molecule has 1 aromatic heterocycles. The van der Waals surface area contributed by atoms with Gasteiger partial charge in [0.1, 0.15) is 12.4 Å². The molecule has 2 fully saturated rings. The molecule has 0 saturated carbocycles. The molecule has 3 heterocycles. The van der Waals surface area contributed by atoms with Gasteiger partial charge in [0.2, 0.25) is 0 Å². The number of halogens is 1. The van der Waals surface area contributed by atoms with E-state index in [1.54, 1.807) is 6.20 Å². The number of aryl methyl sites for hydroxylation is 1. The first-order chi connectivity index (χ1) is 14.2. The summed E-state index contributed by atoms with van der Waals surface area (Å²) in [6.07, 6.45) is 6.02. The second-order valence-corrected chi connectivity index (χ2v) is 7.80. The molecule has 30 heavy (non-hydrogen) atoms. The van der Waals surface area contributed by atoms with Gasteiger partial charge >= 0.3 is 0 Å². The van der Waals surface area contributed by atoms with Crippen LogP contribution in [0.2, 0.25) is 0 Å². The van der Waals surface area contributed by atoms with Crippen LogP contribution < -0.4 is 15.4 Å². The number of piperidine rings is 1. The Morgan fingerprint density at radius 1 is 1.33 bits per heavy atom. The lowest BCUT2D eigenvalue weighted by Crippen LogP contribution is -2.29. The number of benzene rings is 1. The minimum absolute atomic E-state index is 0. The molecule has 0 aliphatic carbocycles. The average Bonchev–Trinajstić information content (AvgIpc) is 3.44. The standard InChI is InChI=1S/C21H29N5O3.ClH/c1-15-4-5-16(20(11-15)29-14-18-3-2-10-28-18)12-23-21(27)19-13-26(25-24-19)17-6-8-22-9-7-17;/h4-5,11,13,17-18,22H,2-3,6-10,12,14H2,1H3,(H,23,27);1H. The Bertz CT molecular complexity index is 832. The van der Waals surface area contributed by atoms with Gasteiger partial charge in [0.05, 0.1) is 18.3 Å². The molecule has 1 amide bonds. The molecule has 4 rings (SSSR count). The number of amides is 1. The molecule has 2 N–H and O–H groups in total. The zero-order valence-electron chi connectivity index (χ0n) is 17.3. The zero-order chi connectivity index (χ0) is 20.1. The normalized spacial score (nSPS) is 19.3. The summed E-state index contributed by atoms with van der Waals surface area (Å²) in [6, 6.07) is 6.32. The van der Waals surface area contributed by atoms with Crippen LogP contribution in [-0.2, 0) is 11.3 Å². The Morgan fingerprint density at radius 2 is 2.17 bits per heavy atom. The van der Waals surface area contributed by atoms with E-state index in [2.05, 4.69) is 20.9 Å². The molecule has 2 aliphatic rings. The molecular weight excluding hydrogens is 406 g/mol. The molecule has 1 unspecified atom stereocenters. The maximum atomic E-state index is 12.6. The molecule has 2 saturated heterocycles. The lowest BCUT2D eigenvalue weighted by Gasteiger charge is -2.22. The topological polar surface area (TPSA) is 90.3 Å². The van der Waals surface area contributed by atoms with Gasteiger partial charge in [-0.05, 0) is 57.3 Å². The Labute approximate surface area is 183 Å². The van der Waals surface area contributed by atoms with Gasteiger partial charge in [-0.15, -0.1) is 17.5 Å². The molecule has 2 aliphatic heterocycles. The summed E-state index contributed by atoms with van der Waals surface area (Å²) >= 11 is 0. The molecule has 8 nitrogen and oxygen atoms in total. The average molecular weight is 436 g/mol. The summed E-state index contributed by atoms with van der Waals surface area (Å²) < 4.78 is 13.5. The van der Waals surface area contributed by atoms with Crippen LogP contribution in [0.4, 0.5) is 0 Å².